The lowest BCUT2D eigenvalue weighted by molar-refractivity contribution is -0.123. The van der Waals surface area contributed by atoms with Gasteiger partial charge in [0.05, 0.1) is 11.1 Å². The van der Waals surface area contributed by atoms with Gasteiger partial charge in [0.2, 0.25) is 0 Å². The SMILES string of the molecule is COCCOc1ccc(C(=O)NNC(=O)COc2ccc(Cl)cc2)cc1Br. The van der Waals surface area contributed by atoms with Crippen LogP contribution < -0.4 is 20.3 Å². The third-order valence-corrected chi connectivity index (χ3v) is 4.11. The van der Waals surface area contributed by atoms with Gasteiger partial charge in [-0.25, -0.2) is 0 Å². The average molecular weight is 458 g/mol. The monoisotopic (exact) mass is 456 g/mol. The number of halogens is 2. The summed E-state index contributed by atoms with van der Waals surface area (Å²) in [5.41, 5.74) is 4.95. The Kier molecular flexibility index (Phi) is 8.38. The number of nitrogens with one attached hydrogen (secondary N) is 2. The lowest BCUT2D eigenvalue weighted by Crippen LogP contribution is -2.43. The molecule has 2 rings (SSSR count). The minimum Gasteiger partial charge on any atom is -0.490 e. The largest absolute Gasteiger partial charge is 0.490 e. The van der Waals surface area contributed by atoms with E-state index in [1.165, 1.54) is 0 Å². The second-order valence-corrected chi connectivity index (χ2v) is 6.52. The number of carbonyl (C=O) groups excluding carboxylic acids is 2. The van der Waals surface area contributed by atoms with Crippen molar-refractivity contribution in [2.24, 2.45) is 0 Å². The minimum absolute atomic E-state index is 0.252. The first-order chi connectivity index (χ1) is 13.0. The normalized spacial score (nSPS) is 10.2. The molecule has 0 saturated heterocycles. The number of carbonyl (C=O) groups is 2. The van der Waals surface area contributed by atoms with Crippen LogP contribution in [0.2, 0.25) is 5.02 Å². The van der Waals surface area contributed by atoms with Crippen molar-refractivity contribution in [1.29, 1.82) is 0 Å². The highest BCUT2D eigenvalue weighted by atomic mass is 79.9. The molecule has 0 aliphatic rings. The summed E-state index contributed by atoms with van der Waals surface area (Å²) in [6, 6.07) is 11.4. The van der Waals surface area contributed by atoms with Crippen LogP contribution in [0.5, 0.6) is 11.5 Å². The number of amides is 2. The molecule has 0 fully saturated rings. The van der Waals surface area contributed by atoms with Crippen molar-refractivity contribution in [3.05, 3.63) is 57.5 Å². The topological polar surface area (TPSA) is 85.9 Å². The Morgan fingerprint density at radius 1 is 1.04 bits per heavy atom. The molecule has 0 aliphatic carbocycles. The van der Waals surface area contributed by atoms with Crippen molar-refractivity contribution in [2.75, 3.05) is 26.9 Å². The second-order valence-electron chi connectivity index (χ2n) is 5.23. The van der Waals surface area contributed by atoms with Crippen LogP contribution in [0, 0.1) is 0 Å². The van der Waals surface area contributed by atoms with Gasteiger partial charge >= 0.3 is 0 Å². The van der Waals surface area contributed by atoms with Crippen molar-refractivity contribution in [3.63, 3.8) is 0 Å². The van der Waals surface area contributed by atoms with E-state index in [-0.39, 0.29) is 6.61 Å². The maximum absolute atomic E-state index is 12.1. The zero-order chi connectivity index (χ0) is 19.6. The number of rotatable bonds is 8. The van der Waals surface area contributed by atoms with Gasteiger partial charge in [-0.05, 0) is 58.4 Å². The lowest BCUT2D eigenvalue weighted by atomic mass is 10.2. The third-order valence-electron chi connectivity index (χ3n) is 3.24. The fourth-order valence-corrected chi connectivity index (χ4v) is 2.53. The van der Waals surface area contributed by atoms with Crippen LogP contribution in [0.25, 0.3) is 0 Å². The maximum atomic E-state index is 12.1. The predicted molar refractivity (Wildman–Crippen MR) is 104 cm³/mol. The molecule has 144 valence electrons. The summed E-state index contributed by atoms with van der Waals surface area (Å²) in [6.07, 6.45) is 0. The highest BCUT2D eigenvalue weighted by molar-refractivity contribution is 9.10. The number of hydrazine groups is 1. The molecular weight excluding hydrogens is 440 g/mol. The molecule has 2 amide bonds. The molecule has 0 spiro atoms. The molecule has 0 aromatic heterocycles. The summed E-state index contributed by atoms with van der Waals surface area (Å²) >= 11 is 9.11. The van der Waals surface area contributed by atoms with Crippen LogP contribution in [0.3, 0.4) is 0 Å². The molecule has 0 atom stereocenters. The number of ether oxygens (including phenoxy) is 3. The second kappa shape index (κ2) is 10.8. The average Bonchev–Trinajstić information content (AvgIpc) is 2.67. The smallest absolute Gasteiger partial charge is 0.276 e. The first kappa shape index (κ1) is 21.0. The number of methoxy groups -OCH3 is 1. The molecular formula is C18H18BrClN2O5. The van der Waals surface area contributed by atoms with Crippen LogP contribution in [0.4, 0.5) is 0 Å². The quantitative estimate of drug-likeness (QED) is 0.470. The molecule has 0 unspecified atom stereocenters. The molecule has 2 N–H and O–H groups in total. The van der Waals surface area contributed by atoms with Crippen LogP contribution in [-0.4, -0.2) is 38.7 Å². The molecule has 0 bridgehead atoms. The van der Waals surface area contributed by atoms with Crippen LogP contribution in [0.1, 0.15) is 10.4 Å². The number of benzene rings is 2. The summed E-state index contributed by atoms with van der Waals surface area (Å²) in [6.45, 7) is 0.598. The van der Waals surface area contributed by atoms with Crippen LogP contribution in [-0.2, 0) is 9.53 Å². The van der Waals surface area contributed by atoms with Gasteiger partial charge in [-0.3, -0.25) is 20.4 Å². The fraction of sp³-hybridized carbons (Fsp3) is 0.222. The summed E-state index contributed by atoms with van der Waals surface area (Å²) < 4.78 is 16.3. The molecule has 27 heavy (non-hydrogen) atoms. The Bertz CT molecular complexity index is 786. The van der Waals surface area contributed by atoms with Gasteiger partial charge in [-0.15, -0.1) is 0 Å². The van der Waals surface area contributed by atoms with Gasteiger partial charge in [0.15, 0.2) is 6.61 Å². The van der Waals surface area contributed by atoms with E-state index in [0.717, 1.165) is 0 Å². The number of hydrogen-bond donors (Lipinski definition) is 2. The van der Waals surface area contributed by atoms with Crippen molar-refractivity contribution in [1.82, 2.24) is 10.9 Å². The molecule has 2 aromatic rings. The van der Waals surface area contributed by atoms with E-state index in [1.807, 2.05) is 0 Å². The van der Waals surface area contributed by atoms with E-state index < -0.39 is 11.8 Å². The van der Waals surface area contributed by atoms with E-state index in [4.69, 9.17) is 25.8 Å². The molecule has 7 nitrogen and oxygen atoms in total. The molecule has 0 saturated carbocycles. The van der Waals surface area contributed by atoms with E-state index >= 15 is 0 Å². The van der Waals surface area contributed by atoms with Crippen molar-refractivity contribution in [3.8, 4) is 11.5 Å². The third kappa shape index (κ3) is 7.09. The number of hydrogen-bond acceptors (Lipinski definition) is 5. The Morgan fingerprint density at radius 3 is 2.44 bits per heavy atom. The zero-order valence-electron chi connectivity index (χ0n) is 14.5. The summed E-state index contributed by atoms with van der Waals surface area (Å²) in [5, 5.41) is 0.570. The van der Waals surface area contributed by atoms with Gasteiger partial charge in [-0.2, -0.15) is 0 Å². The molecule has 2 aromatic carbocycles. The fourth-order valence-electron chi connectivity index (χ4n) is 1.91. The van der Waals surface area contributed by atoms with Gasteiger partial charge in [-0.1, -0.05) is 11.6 Å². The van der Waals surface area contributed by atoms with Crippen molar-refractivity contribution in [2.45, 2.75) is 0 Å². The van der Waals surface area contributed by atoms with E-state index in [2.05, 4.69) is 26.8 Å². The Morgan fingerprint density at radius 2 is 1.78 bits per heavy atom. The van der Waals surface area contributed by atoms with Crippen LogP contribution >= 0.6 is 27.5 Å². The van der Waals surface area contributed by atoms with Gasteiger partial charge in [0, 0.05) is 17.7 Å². The summed E-state index contributed by atoms with van der Waals surface area (Å²) in [5.74, 6) is 0.105. The Hall–Kier alpha value is -2.29. The maximum Gasteiger partial charge on any atom is 0.276 e. The highest BCUT2D eigenvalue weighted by Crippen LogP contribution is 2.26. The first-order valence-corrected chi connectivity index (χ1v) is 9.05. The van der Waals surface area contributed by atoms with Crippen LogP contribution in [0.15, 0.2) is 46.9 Å². The Balaban J connectivity index is 1.79. The lowest BCUT2D eigenvalue weighted by Gasteiger charge is -2.11. The van der Waals surface area contributed by atoms with E-state index in [0.29, 0.717) is 39.8 Å². The summed E-state index contributed by atoms with van der Waals surface area (Å²) in [4.78, 5) is 23.9. The zero-order valence-corrected chi connectivity index (χ0v) is 16.8. The van der Waals surface area contributed by atoms with Gasteiger partial charge in [0.25, 0.3) is 11.8 Å². The van der Waals surface area contributed by atoms with Crippen molar-refractivity contribution < 1.29 is 23.8 Å². The predicted octanol–water partition coefficient (Wildman–Crippen LogP) is 2.97. The van der Waals surface area contributed by atoms with Gasteiger partial charge < -0.3 is 14.2 Å². The van der Waals surface area contributed by atoms with Gasteiger partial charge in [0.1, 0.15) is 18.1 Å². The first-order valence-electron chi connectivity index (χ1n) is 7.88. The molecule has 9 heteroatoms. The van der Waals surface area contributed by atoms with E-state index in [1.54, 1.807) is 49.6 Å². The highest BCUT2D eigenvalue weighted by Gasteiger charge is 2.11. The van der Waals surface area contributed by atoms with Crippen molar-refractivity contribution >= 4 is 39.3 Å². The molecule has 0 radical (unpaired) electrons. The summed E-state index contributed by atoms with van der Waals surface area (Å²) in [7, 11) is 1.58. The molecule has 0 heterocycles. The minimum atomic E-state index is -0.503. The molecule has 0 aliphatic heterocycles. The standard InChI is InChI=1S/C18H18BrClN2O5/c1-25-8-9-26-16-7-2-12(10-15(16)19)18(24)22-21-17(23)11-27-14-5-3-13(20)4-6-14/h2-7,10H,8-9,11H2,1H3,(H,21,23)(H,22,24). The Labute approximate surface area is 170 Å². The van der Waals surface area contributed by atoms with E-state index in [9.17, 15) is 9.59 Å².